The van der Waals surface area contributed by atoms with Crippen molar-refractivity contribution in [2.75, 3.05) is 13.2 Å². The number of hydrogen-bond donors (Lipinski definition) is 3. The van der Waals surface area contributed by atoms with Crippen molar-refractivity contribution >= 4 is 5.91 Å². The Kier molecular flexibility index (Phi) is 16.3. The van der Waals surface area contributed by atoms with Gasteiger partial charge in [-0.05, 0) is 6.42 Å². The van der Waals surface area contributed by atoms with E-state index in [2.05, 4.69) is 12.2 Å². The highest BCUT2D eigenvalue weighted by Gasteiger charge is 2.09. The molecule has 0 radical (unpaired) electrons. The molecule has 0 aromatic carbocycles. The summed E-state index contributed by atoms with van der Waals surface area (Å²) in [6.45, 7) is 1.84. The maximum absolute atomic E-state index is 11.5. The third-order valence-corrected chi connectivity index (χ3v) is 4.06. The van der Waals surface area contributed by atoms with E-state index in [4.69, 9.17) is 10.2 Å². The van der Waals surface area contributed by atoms with Crippen LogP contribution in [0.15, 0.2) is 0 Å². The Morgan fingerprint density at radius 2 is 1.18 bits per heavy atom. The Hall–Kier alpha value is -0.610. The van der Waals surface area contributed by atoms with Gasteiger partial charge in [0.2, 0.25) is 5.91 Å². The summed E-state index contributed by atoms with van der Waals surface area (Å²) in [7, 11) is 0. The van der Waals surface area contributed by atoms with Gasteiger partial charge in [0.15, 0.2) is 0 Å². The molecule has 0 unspecified atom stereocenters. The van der Waals surface area contributed by atoms with Gasteiger partial charge in [-0.25, -0.2) is 0 Å². The summed E-state index contributed by atoms with van der Waals surface area (Å²) >= 11 is 0. The number of carbonyl (C=O) groups excluding carboxylic acids is 1. The van der Waals surface area contributed by atoms with Gasteiger partial charge >= 0.3 is 0 Å². The lowest BCUT2D eigenvalue weighted by Gasteiger charge is -2.12. The predicted molar refractivity (Wildman–Crippen MR) is 91.8 cm³/mol. The van der Waals surface area contributed by atoms with E-state index in [1.54, 1.807) is 0 Å². The Bertz CT molecular complexity index is 242. The number of aliphatic hydroxyl groups is 2. The number of hydrogen-bond acceptors (Lipinski definition) is 3. The largest absolute Gasteiger partial charge is 0.394 e. The van der Waals surface area contributed by atoms with Crippen LogP contribution in [-0.2, 0) is 4.79 Å². The molecule has 0 aliphatic carbocycles. The molecule has 4 nitrogen and oxygen atoms in total. The predicted octanol–water partition coefficient (Wildman–Crippen LogP) is 3.55. The van der Waals surface area contributed by atoms with Gasteiger partial charge in [0.1, 0.15) is 0 Å². The zero-order valence-electron chi connectivity index (χ0n) is 14.5. The van der Waals surface area contributed by atoms with E-state index in [1.807, 2.05) is 0 Å². The van der Waals surface area contributed by atoms with Crippen LogP contribution in [0.25, 0.3) is 0 Å². The molecule has 0 aromatic heterocycles. The Morgan fingerprint density at radius 3 is 1.59 bits per heavy atom. The number of nitrogens with one attached hydrogen (secondary N) is 1. The van der Waals surface area contributed by atoms with Gasteiger partial charge in [-0.1, -0.05) is 77.6 Å². The molecule has 0 saturated heterocycles. The standard InChI is InChI=1S/C18H37NO3/c1-2-3-4-5-6-7-8-9-10-11-12-13-14-18(22)19-17(15-20)16-21/h17,20-21H,2-16H2,1H3,(H,19,22). The Morgan fingerprint density at radius 1 is 0.773 bits per heavy atom. The highest BCUT2D eigenvalue weighted by Crippen LogP contribution is 2.12. The van der Waals surface area contributed by atoms with Crippen molar-refractivity contribution in [2.24, 2.45) is 0 Å². The van der Waals surface area contributed by atoms with Gasteiger partial charge in [-0.15, -0.1) is 0 Å². The van der Waals surface area contributed by atoms with E-state index in [9.17, 15) is 4.79 Å². The van der Waals surface area contributed by atoms with E-state index >= 15 is 0 Å². The summed E-state index contributed by atoms with van der Waals surface area (Å²) < 4.78 is 0. The SMILES string of the molecule is CCCCCCCCCCCCCCC(=O)NC(CO)CO. The van der Waals surface area contributed by atoms with Crippen LogP contribution < -0.4 is 5.32 Å². The van der Waals surface area contributed by atoms with Gasteiger partial charge in [-0.2, -0.15) is 0 Å². The zero-order chi connectivity index (χ0) is 16.5. The fourth-order valence-electron chi connectivity index (χ4n) is 2.58. The molecule has 4 heteroatoms. The number of rotatable bonds is 16. The second kappa shape index (κ2) is 16.8. The third kappa shape index (κ3) is 14.3. The molecule has 3 N–H and O–H groups in total. The maximum atomic E-state index is 11.5. The lowest BCUT2D eigenvalue weighted by atomic mass is 10.0. The van der Waals surface area contributed by atoms with Crippen molar-refractivity contribution in [3.63, 3.8) is 0 Å². The van der Waals surface area contributed by atoms with Crippen molar-refractivity contribution in [1.29, 1.82) is 0 Å². The van der Waals surface area contributed by atoms with Crippen molar-refractivity contribution in [1.82, 2.24) is 5.32 Å². The molecule has 22 heavy (non-hydrogen) atoms. The van der Waals surface area contributed by atoms with Crippen LogP contribution in [0.4, 0.5) is 0 Å². The van der Waals surface area contributed by atoms with Gasteiger partial charge < -0.3 is 15.5 Å². The first-order valence-corrected chi connectivity index (χ1v) is 9.25. The second-order valence-corrected chi connectivity index (χ2v) is 6.27. The summed E-state index contributed by atoms with van der Waals surface area (Å²) in [5, 5.41) is 20.4. The number of carbonyl (C=O) groups is 1. The molecule has 0 heterocycles. The third-order valence-electron chi connectivity index (χ3n) is 4.06. The van der Waals surface area contributed by atoms with E-state index in [1.165, 1.54) is 64.2 Å². The van der Waals surface area contributed by atoms with Gasteiger partial charge in [-0.3, -0.25) is 4.79 Å². The molecule has 0 fully saturated rings. The van der Waals surface area contributed by atoms with E-state index in [0.29, 0.717) is 6.42 Å². The molecule has 0 aliphatic rings. The summed E-state index contributed by atoms with van der Waals surface area (Å²) in [5.41, 5.74) is 0. The lowest BCUT2D eigenvalue weighted by molar-refractivity contribution is -0.122. The Balaban J connectivity index is 3.21. The molecule has 0 rings (SSSR count). The van der Waals surface area contributed by atoms with Gasteiger partial charge in [0, 0.05) is 6.42 Å². The highest BCUT2D eigenvalue weighted by atomic mass is 16.3. The van der Waals surface area contributed by atoms with Crippen LogP contribution in [0.1, 0.15) is 90.4 Å². The van der Waals surface area contributed by atoms with Crippen LogP contribution in [-0.4, -0.2) is 35.4 Å². The lowest BCUT2D eigenvalue weighted by Crippen LogP contribution is -2.39. The van der Waals surface area contributed by atoms with Crippen molar-refractivity contribution < 1.29 is 15.0 Å². The molecule has 0 saturated carbocycles. The molecule has 0 bridgehead atoms. The van der Waals surface area contributed by atoms with Crippen LogP contribution >= 0.6 is 0 Å². The first-order chi connectivity index (χ1) is 10.7. The second-order valence-electron chi connectivity index (χ2n) is 6.27. The number of aliphatic hydroxyl groups excluding tert-OH is 2. The monoisotopic (exact) mass is 315 g/mol. The summed E-state index contributed by atoms with van der Waals surface area (Å²) in [5.74, 6) is -0.0693. The van der Waals surface area contributed by atoms with Crippen molar-refractivity contribution in [2.45, 2.75) is 96.4 Å². The first kappa shape index (κ1) is 21.4. The van der Waals surface area contributed by atoms with Gasteiger partial charge in [0.05, 0.1) is 19.3 Å². The molecule has 0 atom stereocenters. The summed E-state index contributed by atoms with van der Waals surface area (Å²) in [6, 6.07) is -0.509. The minimum atomic E-state index is -0.509. The first-order valence-electron chi connectivity index (χ1n) is 9.25. The smallest absolute Gasteiger partial charge is 0.220 e. The Labute approximate surface area is 136 Å². The minimum absolute atomic E-state index is 0.0693. The molecular formula is C18H37NO3. The fraction of sp³-hybridized carbons (Fsp3) is 0.944. The average molecular weight is 315 g/mol. The molecular weight excluding hydrogens is 278 g/mol. The van der Waals surface area contributed by atoms with Crippen LogP contribution in [0.3, 0.4) is 0 Å². The van der Waals surface area contributed by atoms with E-state index in [0.717, 1.165) is 12.8 Å². The van der Waals surface area contributed by atoms with Gasteiger partial charge in [0.25, 0.3) is 0 Å². The van der Waals surface area contributed by atoms with E-state index in [-0.39, 0.29) is 19.1 Å². The maximum Gasteiger partial charge on any atom is 0.220 e. The molecule has 1 amide bonds. The summed E-state index contributed by atoms with van der Waals surface area (Å²) in [6.07, 6.45) is 15.9. The van der Waals surface area contributed by atoms with Crippen LogP contribution in [0.5, 0.6) is 0 Å². The molecule has 0 aromatic rings. The quantitative estimate of drug-likeness (QED) is 0.382. The zero-order valence-corrected chi connectivity index (χ0v) is 14.5. The van der Waals surface area contributed by atoms with E-state index < -0.39 is 6.04 Å². The van der Waals surface area contributed by atoms with Crippen LogP contribution in [0, 0.1) is 0 Å². The number of unbranched alkanes of at least 4 members (excludes halogenated alkanes) is 11. The minimum Gasteiger partial charge on any atom is -0.394 e. The van der Waals surface area contributed by atoms with Crippen molar-refractivity contribution in [3.8, 4) is 0 Å². The average Bonchev–Trinajstić information content (AvgIpc) is 2.53. The fourth-order valence-corrected chi connectivity index (χ4v) is 2.58. The normalized spacial score (nSPS) is 11.1. The highest BCUT2D eigenvalue weighted by molar-refractivity contribution is 5.76. The van der Waals surface area contributed by atoms with Crippen molar-refractivity contribution in [3.05, 3.63) is 0 Å². The number of amides is 1. The van der Waals surface area contributed by atoms with Crippen LogP contribution in [0.2, 0.25) is 0 Å². The summed E-state index contributed by atoms with van der Waals surface area (Å²) in [4.78, 5) is 11.5. The molecule has 0 aliphatic heterocycles. The topological polar surface area (TPSA) is 69.6 Å². The molecule has 0 spiro atoms. The molecule has 132 valence electrons.